The average Bonchev–Trinajstić information content (AvgIpc) is 2.76. The zero-order valence-corrected chi connectivity index (χ0v) is 16.3. The van der Waals surface area contributed by atoms with Crippen LogP contribution in [0.5, 0.6) is 5.88 Å². The summed E-state index contributed by atoms with van der Waals surface area (Å²) in [5.41, 5.74) is 7.05. The predicted molar refractivity (Wildman–Crippen MR) is 110 cm³/mol. The van der Waals surface area contributed by atoms with Gasteiger partial charge in [0.1, 0.15) is 17.5 Å². The smallest absolute Gasteiger partial charge is 0.254 e. The van der Waals surface area contributed by atoms with Crippen LogP contribution in [0.15, 0.2) is 54.9 Å². The molecule has 7 nitrogen and oxygen atoms in total. The number of ether oxygens (including phenoxy) is 1. The van der Waals surface area contributed by atoms with E-state index in [1.165, 1.54) is 12.1 Å². The van der Waals surface area contributed by atoms with Crippen molar-refractivity contribution in [1.82, 2.24) is 15.0 Å². The number of rotatable bonds is 6. The van der Waals surface area contributed by atoms with Crippen LogP contribution in [-0.2, 0) is 0 Å². The molecule has 0 unspecified atom stereocenters. The molecular formula is C22H22FN5O2. The van der Waals surface area contributed by atoms with E-state index in [1.54, 1.807) is 36.7 Å². The van der Waals surface area contributed by atoms with Crippen LogP contribution in [0.4, 0.5) is 10.3 Å². The number of nitrogens with two attached hydrogens (primary N) is 1. The molecule has 1 aliphatic carbocycles. The van der Waals surface area contributed by atoms with E-state index in [2.05, 4.69) is 20.3 Å². The third-order valence-corrected chi connectivity index (χ3v) is 5.10. The number of pyridine rings is 1. The van der Waals surface area contributed by atoms with Crippen molar-refractivity contribution >= 4 is 11.9 Å². The second-order valence-electron chi connectivity index (χ2n) is 7.23. The molecule has 4 rings (SSSR count). The maximum Gasteiger partial charge on any atom is 0.254 e. The van der Waals surface area contributed by atoms with Gasteiger partial charge in [-0.15, -0.1) is 0 Å². The zero-order chi connectivity index (χ0) is 20.9. The highest BCUT2D eigenvalue weighted by Crippen LogP contribution is 2.26. The van der Waals surface area contributed by atoms with Crippen molar-refractivity contribution in [3.05, 3.63) is 66.2 Å². The Kier molecular flexibility index (Phi) is 5.83. The highest BCUT2D eigenvalue weighted by atomic mass is 19.1. The number of hydrogen-bond acceptors (Lipinski definition) is 6. The van der Waals surface area contributed by atoms with Gasteiger partial charge in [0.2, 0.25) is 11.8 Å². The quantitative estimate of drug-likeness (QED) is 0.647. The first-order chi connectivity index (χ1) is 14.6. The second kappa shape index (κ2) is 8.86. The summed E-state index contributed by atoms with van der Waals surface area (Å²) in [4.78, 5) is 24.5. The monoisotopic (exact) mass is 407 g/mol. The fourth-order valence-corrected chi connectivity index (χ4v) is 3.57. The molecule has 0 bridgehead atoms. The summed E-state index contributed by atoms with van der Waals surface area (Å²) in [6.45, 7) is 0. The highest BCUT2D eigenvalue weighted by Gasteiger charge is 2.24. The van der Waals surface area contributed by atoms with Crippen LogP contribution in [0.3, 0.4) is 0 Å². The third-order valence-electron chi connectivity index (χ3n) is 5.10. The van der Waals surface area contributed by atoms with Gasteiger partial charge >= 0.3 is 0 Å². The lowest BCUT2D eigenvalue weighted by atomic mass is 9.93. The summed E-state index contributed by atoms with van der Waals surface area (Å²) in [6, 6.07) is 11.6. The van der Waals surface area contributed by atoms with Crippen LogP contribution >= 0.6 is 0 Å². The number of anilines is 1. The largest absolute Gasteiger partial charge is 0.474 e. The van der Waals surface area contributed by atoms with E-state index in [1.807, 2.05) is 6.07 Å². The Morgan fingerprint density at radius 3 is 2.67 bits per heavy atom. The normalized spacial score (nSPS) is 18.6. The molecule has 3 aromatic rings. The molecule has 2 aromatic heterocycles. The van der Waals surface area contributed by atoms with Crippen molar-refractivity contribution in [2.24, 2.45) is 5.73 Å². The van der Waals surface area contributed by atoms with E-state index >= 15 is 0 Å². The fourth-order valence-electron chi connectivity index (χ4n) is 3.57. The van der Waals surface area contributed by atoms with Gasteiger partial charge in [0.25, 0.3) is 5.91 Å². The standard InChI is InChI=1S/C22H22FN5O2/c23-15-4-1-3-14(13-15)19-10-12-26-22(28-19)27-16-6-8-17(9-7-16)30-21-18(20(24)29)5-2-11-25-21/h1-5,10-13,16-17H,6-9H2,(H2,24,29)(H,26,27,28). The molecule has 154 valence electrons. The number of benzene rings is 1. The van der Waals surface area contributed by atoms with Crippen molar-refractivity contribution in [1.29, 1.82) is 0 Å². The van der Waals surface area contributed by atoms with Gasteiger partial charge in [-0.3, -0.25) is 4.79 Å². The Balaban J connectivity index is 1.35. The highest BCUT2D eigenvalue weighted by molar-refractivity contribution is 5.94. The van der Waals surface area contributed by atoms with Crippen molar-refractivity contribution in [2.75, 3.05) is 5.32 Å². The van der Waals surface area contributed by atoms with Gasteiger partial charge in [0, 0.05) is 24.0 Å². The molecule has 1 aromatic carbocycles. The Hall–Kier alpha value is -3.55. The molecule has 0 saturated heterocycles. The topological polar surface area (TPSA) is 103 Å². The Bertz CT molecular complexity index is 1040. The molecule has 0 radical (unpaired) electrons. The third kappa shape index (κ3) is 4.71. The number of hydrogen-bond donors (Lipinski definition) is 2. The first-order valence-corrected chi connectivity index (χ1v) is 9.85. The van der Waals surface area contributed by atoms with Crippen LogP contribution in [0, 0.1) is 5.82 Å². The van der Waals surface area contributed by atoms with Crippen LogP contribution < -0.4 is 15.8 Å². The molecule has 8 heteroatoms. The number of aromatic nitrogens is 3. The fraction of sp³-hybridized carbons (Fsp3) is 0.273. The lowest BCUT2D eigenvalue weighted by Gasteiger charge is -2.29. The molecule has 2 heterocycles. The average molecular weight is 407 g/mol. The van der Waals surface area contributed by atoms with Crippen LogP contribution in [0.25, 0.3) is 11.3 Å². The lowest BCUT2D eigenvalue weighted by molar-refractivity contribution is 0.0983. The van der Waals surface area contributed by atoms with E-state index in [9.17, 15) is 9.18 Å². The molecule has 1 fully saturated rings. The molecule has 0 aliphatic heterocycles. The Morgan fingerprint density at radius 2 is 1.90 bits per heavy atom. The minimum atomic E-state index is -0.552. The molecule has 1 amide bonds. The van der Waals surface area contributed by atoms with Crippen molar-refractivity contribution in [3.63, 3.8) is 0 Å². The van der Waals surface area contributed by atoms with Crippen LogP contribution in [-0.4, -0.2) is 33.0 Å². The van der Waals surface area contributed by atoms with Gasteiger partial charge in [-0.2, -0.15) is 0 Å². The number of amides is 1. The summed E-state index contributed by atoms with van der Waals surface area (Å²) in [6.07, 6.45) is 6.53. The maximum absolute atomic E-state index is 13.5. The lowest BCUT2D eigenvalue weighted by Crippen LogP contribution is -2.32. The van der Waals surface area contributed by atoms with Gasteiger partial charge < -0.3 is 15.8 Å². The SMILES string of the molecule is NC(=O)c1cccnc1OC1CCC(Nc2nccc(-c3cccc(F)c3)n2)CC1. The second-order valence-corrected chi connectivity index (χ2v) is 7.23. The Labute approximate surface area is 173 Å². The van der Waals surface area contributed by atoms with Gasteiger partial charge in [0.05, 0.1) is 5.69 Å². The number of carbonyl (C=O) groups is 1. The van der Waals surface area contributed by atoms with E-state index in [-0.39, 0.29) is 23.8 Å². The van der Waals surface area contributed by atoms with E-state index in [4.69, 9.17) is 10.5 Å². The summed E-state index contributed by atoms with van der Waals surface area (Å²) in [5, 5.41) is 3.36. The summed E-state index contributed by atoms with van der Waals surface area (Å²) in [7, 11) is 0. The summed E-state index contributed by atoms with van der Waals surface area (Å²) < 4.78 is 19.4. The molecular weight excluding hydrogens is 385 g/mol. The summed E-state index contributed by atoms with van der Waals surface area (Å²) in [5.74, 6) is -0.0514. The van der Waals surface area contributed by atoms with Crippen molar-refractivity contribution in [3.8, 4) is 17.1 Å². The maximum atomic E-state index is 13.5. The van der Waals surface area contributed by atoms with Gasteiger partial charge in [-0.05, 0) is 56.0 Å². The minimum Gasteiger partial charge on any atom is -0.474 e. The van der Waals surface area contributed by atoms with E-state index < -0.39 is 5.91 Å². The predicted octanol–water partition coefficient (Wildman–Crippen LogP) is 3.58. The van der Waals surface area contributed by atoms with E-state index in [0.717, 1.165) is 25.7 Å². The van der Waals surface area contributed by atoms with E-state index in [0.29, 0.717) is 22.8 Å². The van der Waals surface area contributed by atoms with Gasteiger partial charge in [-0.1, -0.05) is 12.1 Å². The van der Waals surface area contributed by atoms with Crippen LogP contribution in [0.1, 0.15) is 36.0 Å². The summed E-state index contributed by atoms with van der Waals surface area (Å²) >= 11 is 0. The molecule has 1 aliphatic rings. The molecule has 0 spiro atoms. The molecule has 30 heavy (non-hydrogen) atoms. The van der Waals surface area contributed by atoms with Crippen molar-refractivity contribution < 1.29 is 13.9 Å². The minimum absolute atomic E-state index is 0.0319. The zero-order valence-electron chi connectivity index (χ0n) is 16.3. The first-order valence-electron chi connectivity index (χ1n) is 9.85. The molecule has 0 atom stereocenters. The number of carbonyl (C=O) groups excluding carboxylic acids is 1. The van der Waals surface area contributed by atoms with Gasteiger partial charge in [0.15, 0.2) is 0 Å². The Morgan fingerprint density at radius 1 is 1.07 bits per heavy atom. The molecule has 1 saturated carbocycles. The molecule has 3 N–H and O–H groups in total. The van der Waals surface area contributed by atoms with Crippen molar-refractivity contribution in [2.45, 2.75) is 37.8 Å². The van der Waals surface area contributed by atoms with Gasteiger partial charge in [-0.25, -0.2) is 19.3 Å². The van der Waals surface area contributed by atoms with Crippen LogP contribution in [0.2, 0.25) is 0 Å². The first kappa shape index (κ1) is 19.8. The number of halogens is 1. The number of primary amides is 1. The number of nitrogens with zero attached hydrogens (tertiary/aromatic N) is 3. The number of nitrogens with one attached hydrogen (secondary N) is 1.